The lowest BCUT2D eigenvalue weighted by Gasteiger charge is -2.03. The van der Waals surface area contributed by atoms with Crippen molar-refractivity contribution < 1.29 is 9.53 Å². The van der Waals surface area contributed by atoms with Gasteiger partial charge in [-0.05, 0) is 24.6 Å². The van der Waals surface area contributed by atoms with Crippen molar-refractivity contribution in [1.29, 1.82) is 0 Å². The highest BCUT2D eigenvalue weighted by Crippen LogP contribution is 2.23. The molecule has 1 aromatic carbocycles. The Morgan fingerprint density at radius 1 is 1.26 bits per heavy atom. The molecule has 0 aliphatic carbocycles. The van der Waals surface area contributed by atoms with Crippen LogP contribution in [0.3, 0.4) is 0 Å². The number of methoxy groups -OCH3 is 1. The summed E-state index contributed by atoms with van der Waals surface area (Å²) < 4.78 is 6.81. The third-order valence-electron chi connectivity index (χ3n) is 3.75. The number of aryl methyl sites for hydroxylation is 2. The zero-order valence-electron chi connectivity index (χ0n) is 15.1. The zero-order chi connectivity index (χ0) is 19.4. The number of carbonyl (C=O) groups is 1. The highest BCUT2D eigenvalue weighted by molar-refractivity contribution is 5.93. The largest absolute Gasteiger partial charge is 0.478 e. The fourth-order valence-electron chi connectivity index (χ4n) is 2.33. The van der Waals surface area contributed by atoms with E-state index in [-0.39, 0.29) is 0 Å². The van der Waals surface area contributed by atoms with Crippen LogP contribution in [0.15, 0.2) is 36.8 Å². The number of primary amides is 1. The van der Waals surface area contributed by atoms with Crippen molar-refractivity contribution in [2.45, 2.75) is 6.92 Å². The Morgan fingerprint density at radius 2 is 2.00 bits per heavy atom. The molecule has 0 aliphatic heterocycles. The highest BCUT2D eigenvalue weighted by atomic mass is 16.5. The second-order valence-electron chi connectivity index (χ2n) is 5.79. The van der Waals surface area contributed by atoms with Crippen LogP contribution in [0, 0.1) is 18.8 Å². The van der Waals surface area contributed by atoms with Gasteiger partial charge in [0.05, 0.1) is 18.9 Å². The second-order valence-corrected chi connectivity index (χ2v) is 5.79. The number of hydrogen-bond donors (Lipinski definition) is 2. The molecule has 0 spiro atoms. The van der Waals surface area contributed by atoms with Crippen molar-refractivity contribution in [3.8, 4) is 17.7 Å². The summed E-state index contributed by atoms with van der Waals surface area (Å²) in [6, 6.07) is 5.17. The monoisotopic (exact) mass is 362 g/mol. The van der Waals surface area contributed by atoms with E-state index >= 15 is 0 Å². The first kappa shape index (κ1) is 17.9. The number of nitrogens with two attached hydrogens (primary N) is 1. The maximum atomic E-state index is 11.3. The van der Waals surface area contributed by atoms with Crippen LogP contribution in [0.1, 0.15) is 27.0 Å². The molecule has 2 heterocycles. The first-order valence-electron chi connectivity index (χ1n) is 8.05. The Bertz CT molecular complexity index is 1040. The van der Waals surface area contributed by atoms with Gasteiger partial charge in [0.15, 0.2) is 0 Å². The summed E-state index contributed by atoms with van der Waals surface area (Å²) in [5, 5.41) is 7.20. The summed E-state index contributed by atoms with van der Waals surface area (Å²) in [7, 11) is 3.34. The van der Waals surface area contributed by atoms with Gasteiger partial charge in [0.25, 0.3) is 5.88 Å². The first-order valence-corrected chi connectivity index (χ1v) is 8.05. The SMILES string of the molecule is COc1nn(C)cc1Nc1ncc(C#Cc2cc(C(N)=O)ccc2C)cn1. The lowest BCUT2D eigenvalue weighted by Crippen LogP contribution is -2.11. The molecule has 0 saturated heterocycles. The Labute approximate surface area is 156 Å². The molecular weight excluding hydrogens is 344 g/mol. The fraction of sp³-hybridized carbons (Fsp3) is 0.158. The molecule has 3 N–H and O–H groups in total. The number of ether oxygens (including phenoxy) is 1. The number of anilines is 2. The van der Waals surface area contributed by atoms with Crippen LogP contribution < -0.4 is 15.8 Å². The van der Waals surface area contributed by atoms with Crippen molar-refractivity contribution in [2.24, 2.45) is 12.8 Å². The average Bonchev–Trinajstić information content (AvgIpc) is 3.01. The third kappa shape index (κ3) is 4.22. The molecule has 0 atom stereocenters. The fourth-order valence-corrected chi connectivity index (χ4v) is 2.33. The van der Waals surface area contributed by atoms with E-state index < -0.39 is 5.91 Å². The number of nitrogens with one attached hydrogen (secondary N) is 1. The van der Waals surface area contributed by atoms with E-state index in [9.17, 15) is 4.79 Å². The molecule has 27 heavy (non-hydrogen) atoms. The quantitative estimate of drug-likeness (QED) is 0.685. The molecule has 3 aromatic rings. The molecule has 0 aliphatic rings. The molecular formula is C19H18N6O2. The molecule has 0 unspecified atom stereocenters. The predicted molar refractivity (Wildman–Crippen MR) is 101 cm³/mol. The minimum Gasteiger partial charge on any atom is -0.478 e. The number of amides is 1. The number of rotatable bonds is 4. The first-order chi connectivity index (χ1) is 13.0. The van der Waals surface area contributed by atoms with Gasteiger partial charge in [-0.25, -0.2) is 9.97 Å². The van der Waals surface area contributed by atoms with Crippen LogP contribution in [0.5, 0.6) is 5.88 Å². The molecule has 2 aromatic heterocycles. The lowest BCUT2D eigenvalue weighted by molar-refractivity contribution is 0.1000. The number of hydrogen-bond acceptors (Lipinski definition) is 6. The molecule has 8 nitrogen and oxygen atoms in total. The maximum absolute atomic E-state index is 11.3. The van der Waals surface area contributed by atoms with Crippen LogP contribution in [-0.2, 0) is 7.05 Å². The van der Waals surface area contributed by atoms with Crippen LogP contribution in [0.2, 0.25) is 0 Å². The van der Waals surface area contributed by atoms with Crippen LogP contribution in [-0.4, -0.2) is 32.8 Å². The predicted octanol–water partition coefficient (Wildman–Crippen LogP) is 1.77. The molecule has 1 amide bonds. The van der Waals surface area contributed by atoms with Gasteiger partial charge in [0.2, 0.25) is 11.9 Å². The smallest absolute Gasteiger partial charge is 0.256 e. The van der Waals surface area contributed by atoms with Crippen molar-refractivity contribution >= 4 is 17.5 Å². The Hall–Kier alpha value is -3.86. The summed E-state index contributed by atoms with van der Waals surface area (Å²) in [5.74, 6) is 6.38. The number of aromatic nitrogens is 4. The lowest BCUT2D eigenvalue weighted by atomic mass is 10.0. The van der Waals surface area contributed by atoms with Crippen LogP contribution in [0.4, 0.5) is 11.6 Å². The number of carbonyl (C=O) groups excluding carboxylic acids is 1. The van der Waals surface area contributed by atoms with Crippen molar-refractivity contribution in [2.75, 3.05) is 12.4 Å². The van der Waals surface area contributed by atoms with Gasteiger partial charge >= 0.3 is 0 Å². The normalized spacial score (nSPS) is 10.0. The summed E-state index contributed by atoms with van der Waals surface area (Å²) in [6.07, 6.45) is 4.99. The second kappa shape index (κ2) is 7.58. The van der Waals surface area contributed by atoms with Gasteiger partial charge in [-0.2, -0.15) is 0 Å². The summed E-state index contributed by atoms with van der Waals surface area (Å²) in [6.45, 7) is 1.92. The molecule has 136 valence electrons. The Morgan fingerprint density at radius 3 is 2.67 bits per heavy atom. The van der Waals surface area contributed by atoms with E-state index in [2.05, 4.69) is 32.2 Å². The average molecular weight is 362 g/mol. The molecule has 0 fully saturated rings. The minimum atomic E-state index is -0.484. The van der Waals surface area contributed by atoms with E-state index in [4.69, 9.17) is 10.5 Å². The molecule has 0 bridgehead atoms. The van der Waals surface area contributed by atoms with E-state index in [0.717, 1.165) is 11.1 Å². The van der Waals surface area contributed by atoms with Crippen molar-refractivity contribution in [1.82, 2.24) is 19.7 Å². The topological polar surface area (TPSA) is 108 Å². The van der Waals surface area contributed by atoms with E-state index in [1.807, 2.05) is 13.0 Å². The molecule has 0 radical (unpaired) electrons. The molecule has 8 heteroatoms. The standard InChI is InChI=1S/C19H18N6O2/c1-12-4-6-15(17(20)26)8-14(12)7-5-13-9-21-19(22-10-13)23-16-11-25(2)24-18(16)27-3/h4,6,8-11H,1-3H3,(H2,20,26)(H,21,22,23). The van der Waals surface area contributed by atoms with Gasteiger partial charge < -0.3 is 15.8 Å². The van der Waals surface area contributed by atoms with E-state index in [1.165, 1.54) is 0 Å². The zero-order valence-corrected chi connectivity index (χ0v) is 15.1. The van der Waals surface area contributed by atoms with E-state index in [0.29, 0.717) is 28.6 Å². The van der Waals surface area contributed by atoms with Gasteiger partial charge in [-0.1, -0.05) is 17.9 Å². The Kier molecular flexibility index (Phi) is 5.04. The summed E-state index contributed by atoms with van der Waals surface area (Å²) >= 11 is 0. The van der Waals surface area contributed by atoms with E-state index in [1.54, 1.807) is 49.6 Å². The van der Waals surface area contributed by atoms with Gasteiger partial charge in [0, 0.05) is 30.6 Å². The van der Waals surface area contributed by atoms with Crippen molar-refractivity contribution in [3.63, 3.8) is 0 Å². The molecule has 0 saturated carbocycles. The van der Waals surface area contributed by atoms with Gasteiger partial charge in [0.1, 0.15) is 5.69 Å². The van der Waals surface area contributed by atoms with Crippen molar-refractivity contribution in [3.05, 3.63) is 59.0 Å². The summed E-state index contributed by atoms with van der Waals surface area (Å²) in [5.41, 5.74) is 8.73. The molecule has 3 rings (SSSR count). The number of nitrogens with zero attached hydrogens (tertiary/aromatic N) is 4. The van der Waals surface area contributed by atoms with Gasteiger partial charge in [-0.15, -0.1) is 5.10 Å². The van der Waals surface area contributed by atoms with Crippen LogP contribution >= 0.6 is 0 Å². The minimum absolute atomic E-state index is 0.402. The summed E-state index contributed by atoms with van der Waals surface area (Å²) in [4.78, 5) is 19.8. The Balaban J connectivity index is 1.78. The third-order valence-corrected chi connectivity index (χ3v) is 3.75. The number of benzene rings is 1. The highest BCUT2D eigenvalue weighted by Gasteiger charge is 2.09. The van der Waals surface area contributed by atoms with Crippen LogP contribution in [0.25, 0.3) is 0 Å². The maximum Gasteiger partial charge on any atom is 0.256 e. The van der Waals surface area contributed by atoms with Gasteiger partial charge in [-0.3, -0.25) is 9.48 Å².